The maximum Gasteiger partial charge on any atom is 0.285 e. The molecule has 0 unspecified atom stereocenters. The topological polar surface area (TPSA) is 102 Å². The summed E-state index contributed by atoms with van der Waals surface area (Å²) < 4.78 is 13.6. The first-order valence-electron chi connectivity index (χ1n) is 6.68. The van der Waals surface area contributed by atoms with Crippen molar-refractivity contribution in [1.29, 1.82) is 0 Å². The molecule has 1 saturated heterocycles. The summed E-state index contributed by atoms with van der Waals surface area (Å²) in [5, 5.41) is 11.0. The van der Waals surface area contributed by atoms with Crippen molar-refractivity contribution in [1.82, 2.24) is 4.90 Å². The molecule has 0 aromatic heterocycles. The minimum atomic E-state index is -0.868. The number of hydrogen-bond acceptors (Lipinski definition) is 5. The van der Waals surface area contributed by atoms with Crippen molar-refractivity contribution in [2.24, 2.45) is 11.8 Å². The molecule has 0 bridgehead atoms. The Morgan fingerprint density at radius 2 is 2.10 bits per heavy atom. The van der Waals surface area contributed by atoms with Crippen molar-refractivity contribution in [3.63, 3.8) is 0 Å². The number of nitrogens with zero attached hydrogens (tertiary/aromatic N) is 2. The summed E-state index contributed by atoms with van der Waals surface area (Å²) in [6, 6.07) is 1.81. The van der Waals surface area contributed by atoms with Crippen LogP contribution in [0.2, 0.25) is 0 Å². The highest BCUT2D eigenvalue weighted by Gasteiger charge is 2.29. The van der Waals surface area contributed by atoms with E-state index in [4.69, 9.17) is 5.84 Å². The minimum Gasteiger partial charge on any atom is -0.338 e. The molecule has 3 N–H and O–H groups in total. The van der Waals surface area contributed by atoms with Crippen molar-refractivity contribution < 1.29 is 14.1 Å². The van der Waals surface area contributed by atoms with Crippen LogP contribution in [-0.2, 0) is 0 Å². The summed E-state index contributed by atoms with van der Waals surface area (Å²) in [5.74, 6) is 4.35. The van der Waals surface area contributed by atoms with Crippen LogP contribution in [0, 0.1) is 21.8 Å². The highest BCUT2D eigenvalue weighted by atomic mass is 19.1. The smallest absolute Gasteiger partial charge is 0.285 e. The molecule has 0 saturated carbocycles. The molecule has 1 aliphatic rings. The zero-order valence-corrected chi connectivity index (χ0v) is 11.6. The molecular weight excluding hydrogens is 279 g/mol. The van der Waals surface area contributed by atoms with Gasteiger partial charge in [0.05, 0.1) is 16.7 Å². The molecule has 1 aliphatic heterocycles. The minimum absolute atomic E-state index is 0.144. The molecule has 0 radical (unpaired) electrons. The van der Waals surface area contributed by atoms with E-state index in [1.807, 2.05) is 0 Å². The molecule has 2 rings (SSSR count). The van der Waals surface area contributed by atoms with E-state index in [0.29, 0.717) is 19.0 Å². The summed E-state index contributed by atoms with van der Waals surface area (Å²) in [4.78, 5) is 24.3. The summed E-state index contributed by atoms with van der Waals surface area (Å²) in [6.45, 7) is 3.18. The van der Waals surface area contributed by atoms with Gasteiger partial charge >= 0.3 is 0 Å². The van der Waals surface area contributed by atoms with Gasteiger partial charge in [0.1, 0.15) is 5.56 Å². The number of halogens is 1. The zero-order valence-electron chi connectivity index (χ0n) is 11.6. The largest absolute Gasteiger partial charge is 0.338 e. The fourth-order valence-electron chi connectivity index (χ4n) is 2.38. The average Bonchev–Trinajstić information content (AvgIpc) is 2.47. The number of carbonyl (C=O) groups excluding carboxylic acids is 1. The molecule has 1 amide bonds. The predicted octanol–water partition coefficient (Wildman–Crippen LogP) is 1.89. The van der Waals surface area contributed by atoms with E-state index in [-0.39, 0.29) is 11.3 Å². The van der Waals surface area contributed by atoms with E-state index in [2.05, 4.69) is 12.3 Å². The van der Waals surface area contributed by atoms with Gasteiger partial charge in [0.2, 0.25) is 0 Å². The van der Waals surface area contributed by atoms with E-state index in [1.165, 1.54) is 0 Å². The molecule has 1 aromatic carbocycles. The second-order valence-corrected chi connectivity index (χ2v) is 5.23. The number of anilines is 1. The van der Waals surface area contributed by atoms with E-state index in [1.54, 1.807) is 4.90 Å². The van der Waals surface area contributed by atoms with Crippen LogP contribution in [0.1, 0.15) is 30.1 Å². The van der Waals surface area contributed by atoms with Gasteiger partial charge in [-0.25, -0.2) is 4.39 Å². The van der Waals surface area contributed by atoms with Crippen LogP contribution in [0.5, 0.6) is 0 Å². The monoisotopic (exact) mass is 296 g/mol. The van der Waals surface area contributed by atoms with Crippen molar-refractivity contribution in [3.8, 4) is 0 Å². The Morgan fingerprint density at radius 1 is 1.48 bits per heavy atom. The standard InChI is InChI=1S/C13H17FN4O3/c1-8-2-4-17(5-3-8)13(19)9-6-11(16-15)10(14)7-12(9)18(20)21/h6-8,16H,2-5,15H2,1H3. The zero-order chi connectivity index (χ0) is 15.6. The summed E-state index contributed by atoms with van der Waals surface area (Å²) in [6.07, 6.45) is 1.70. The number of amides is 1. The lowest BCUT2D eigenvalue weighted by Crippen LogP contribution is -2.38. The van der Waals surface area contributed by atoms with Crippen LogP contribution < -0.4 is 11.3 Å². The van der Waals surface area contributed by atoms with E-state index >= 15 is 0 Å². The van der Waals surface area contributed by atoms with Crippen LogP contribution in [-0.4, -0.2) is 28.8 Å². The van der Waals surface area contributed by atoms with E-state index < -0.39 is 22.3 Å². The number of nitrogens with two attached hydrogens (primary N) is 1. The molecule has 7 nitrogen and oxygen atoms in total. The molecule has 1 fully saturated rings. The maximum atomic E-state index is 13.6. The van der Waals surface area contributed by atoms with Crippen LogP contribution >= 0.6 is 0 Å². The maximum absolute atomic E-state index is 13.6. The quantitative estimate of drug-likeness (QED) is 0.504. The van der Waals surface area contributed by atoms with Crippen LogP contribution in [0.25, 0.3) is 0 Å². The van der Waals surface area contributed by atoms with Gasteiger partial charge in [-0.2, -0.15) is 0 Å². The summed E-state index contributed by atoms with van der Waals surface area (Å²) in [5.41, 5.74) is 1.26. The number of rotatable bonds is 3. The Bertz CT molecular complexity index is 571. The number of nitrogen functional groups attached to an aromatic ring is 1. The third-order valence-electron chi connectivity index (χ3n) is 3.74. The molecule has 0 atom stereocenters. The normalized spacial score (nSPS) is 15.9. The van der Waals surface area contributed by atoms with Crippen LogP contribution in [0.3, 0.4) is 0 Å². The first kappa shape index (κ1) is 15.2. The van der Waals surface area contributed by atoms with Crippen LogP contribution in [0.4, 0.5) is 15.8 Å². The van der Waals surface area contributed by atoms with E-state index in [0.717, 1.165) is 25.0 Å². The first-order valence-corrected chi connectivity index (χ1v) is 6.68. The number of benzene rings is 1. The number of likely N-dealkylation sites (tertiary alicyclic amines) is 1. The number of nitrogens with one attached hydrogen (secondary N) is 1. The fourth-order valence-corrected chi connectivity index (χ4v) is 2.38. The average molecular weight is 296 g/mol. The second kappa shape index (κ2) is 6.04. The Hall–Kier alpha value is -2.22. The first-order chi connectivity index (χ1) is 9.93. The van der Waals surface area contributed by atoms with Gasteiger partial charge in [-0.3, -0.25) is 20.8 Å². The van der Waals surface area contributed by atoms with Crippen molar-refractivity contribution in [2.75, 3.05) is 18.5 Å². The highest BCUT2D eigenvalue weighted by Crippen LogP contribution is 2.28. The van der Waals surface area contributed by atoms with Gasteiger partial charge < -0.3 is 10.3 Å². The Kier molecular flexibility index (Phi) is 4.37. The van der Waals surface area contributed by atoms with Crippen molar-refractivity contribution in [3.05, 3.63) is 33.6 Å². The third-order valence-corrected chi connectivity index (χ3v) is 3.74. The second-order valence-electron chi connectivity index (χ2n) is 5.23. The summed E-state index contributed by atoms with van der Waals surface area (Å²) >= 11 is 0. The number of hydrazine groups is 1. The lowest BCUT2D eigenvalue weighted by Gasteiger charge is -2.30. The van der Waals surface area contributed by atoms with Gasteiger partial charge in [-0.15, -0.1) is 0 Å². The van der Waals surface area contributed by atoms with E-state index in [9.17, 15) is 19.3 Å². The molecule has 0 spiro atoms. The highest BCUT2D eigenvalue weighted by molar-refractivity contribution is 5.99. The third kappa shape index (κ3) is 3.10. The van der Waals surface area contributed by atoms with Gasteiger partial charge in [0.25, 0.3) is 11.6 Å². The number of hydrogen-bond donors (Lipinski definition) is 2. The Labute approximate surface area is 121 Å². The SMILES string of the molecule is CC1CCN(C(=O)c2cc(NN)c(F)cc2[N+](=O)[O-])CC1. The number of carbonyl (C=O) groups is 1. The van der Waals surface area contributed by atoms with Crippen molar-refractivity contribution >= 4 is 17.3 Å². The molecule has 0 aliphatic carbocycles. The van der Waals surface area contributed by atoms with Gasteiger partial charge in [0.15, 0.2) is 5.82 Å². The number of piperidine rings is 1. The molecule has 1 aromatic rings. The summed E-state index contributed by atoms with van der Waals surface area (Å²) in [7, 11) is 0. The van der Waals surface area contributed by atoms with Gasteiger partial charge in [0, 0.05) is 13.1 Å². The number of nitro groups is 1. The Balaban J connectivity index is 2.37. The van der Waals surface area contributed by atoms with Gasteiger partial charge in [-0.1, -0.05) is 6.92 Å². The molecular formula is C13H17FN4O3. The number of nitro benzene ring substituents is 1. The molecule has 1 heterocycles. The predicted molar refractivity (Wildman–Crippen MR) is 75.2 cm³/mol. The molecule has 114 valence electrons. The van der Waals surface area contributed by atoms with Crippen molar-refractivity contribution in [2.45, 2.75) is 19.8 Å². The van der Waals surface area contributed by atoms with Crippen LogP contribution in [0.15, 0.2) is 12.1 Å². The van der Waals surface area contributed by atoms with Gasteiger partial charge in [-0.05, 0) is 24.8 Å². The molecule has 8 heteroatoms. The molecule has 21 heavy (non-hydrogen) atoms. The lowest BCUT2D eigenvalue weighted by molar-refractivity contribution is -0.385. The Morgan fingerprint density at radius 3 is 2.62 bits per heavy atom. The lowest BCUT2D eigenvalue weighted by atomic mass is 9.98. The fraction of sp³-hybridized carbons (Fsp3) is 0.462.